The summed E-state index contributed by atoms with van der Waals surface area (Å²) in [5, 5.41) is 78.3. The molecule has 1 rings (SSSR count). The first-order valence-electron chi connectivity index (χ1n) is 26.2. The lowest BCUT2D eigenvalue weighted by Crippen LogP contribution is -2.63. The number of carboxylic acid groups (broad SMARTS) is 3. The Morgan fingerprint density at radius 1 is 0.564 bits per heavy atom. The van der Waals surface area contributed by atoms with Crippen molar-refractivity contribution in [3.8, 4) is 0 Å². The summed E-state index contributed by atoms with van der Waals surface area (Å²) >= 11 is 0. The van der Waals surface area contributed by atoms with Crippen LogP contribution in [0.1, 0.15) is 126 Å². The molecule has 1 aliphatic heterocycles. The van der Waals surface area contributed by atoms with E-state index in [-0.39, 0.29) is 44.6 Å². The highest BCUT2D eigenvalue weighted by molar-refractivity contribution is 5.99. The van der Waals surface area contributed by atoms with Crippen molar-refractivity contribution < 1.29 is 88.2 Å². The predicted octanol–water partition coefficient (Wildman–Crippen LogP) is -4.37. The Morgan fingerprint density at radius 2 is 1.03 bits per heavy atom. The Bertz CT molecular complexity index is 2080. The van der Waals surface area contributed by atoms with Gasteiger partial charge < -0.3 is 89.5 Å². The van der Waals surface area contributed by atoms with Crippen molar-refractivity contribution >= 4 is 71.1 Å². The minimum absolute atomic E-state index is 0.0456. The van der Waals surface area contributed by atoms with Crippen molar-refractivity contribution in [2.24, 2.45) is 29.2 Å². The van der Waals surface area contributed by atoms with E-state index in [0.717, 1.165) is 11.8 Å². The number of carboxylic acids is 3. The highest BCUT2D eigenvalue weighted by Gasteiger charge is 2.41. The van der Waals surface area contributed by atoms with Gasteiger partial charge in [0.2, 0.25) is 53.2 Å². The van der Waals surface area contributed by atoms with Crippen molar-refractivity contribution in [2.75, 3.05) is 19.7 Å². The third kappa shape index (κ3) is 23.2. The molecule has 0 aromatic heterocycles. The molecule has 0 unspecified atom stereocenters. The van der Waals surface area contributed by atoms with Gasteiger partial charge in [0.25, 0.3) is 0 Å². The molecule has 0 radical (unpaired) electrons. The molecule has 0 saturated carbocycles. The number of aliphatic carboxylic acids is 3. The fourth-order valence-electron chi connectivity index (χ4n) is 8.20. The van der Waals surface area contributed by atoms with E-state index in [1.807, 2.05) is 0 Å². The summed E-state index contributed by atoms with van der Waals surface area (Å²) < 4.78 is 0. The highest BCUT2D eigenvalue weighted by atomic mass is 16.4. The fraction of sp³-hybridized carbons (Fsp3) is 0.755. The van der Waals surface area contributed by atoms with Crippen LogP contribution in [0, 0.1) is 17.8 Å². The molecule has 1 heterocycles. The van der Waals surface area contributed by atoms with E-state index < -0.39 is 188 Å². The lowest BCUT2D eigenvalue weighted by Gasteiger charge is -2.31. The van der Waals surface area contributed by atoms with Gasteiger partial charge in [0.1, 0.15) is 54.4 Å². The number of nitrogens with one attached hydrogen (secondary N) is 8. The summed E-state index contributed by atoms with van der Waals surface area (Å²) in [6.07, 6.45) is -3.64. The lowest BCUT2D eigenvalue weighted by molar-refractivity contribution is -0.146. The molecular formula is C49H85N11O18. The van der Waals surface area contributed by atoms with Crippen molar-refractivity contribution in [3.63, 3.8) is 0 Å². The molecule has 0 bridgehead atoms. The maximum absolute atomic E-state index is 14.1. The molecule has 0 aromatic rings. The lowest BCUT2D eigenvalue weighted by atomic mass is 9.96. The number of carbonyl (C=O) groups is 12. The van der Waals surface area contributed by atoms with Crippen LogP contribution in [0.5, 0.6) is 0 Å². The van der Waals surface area contributed by atoms with Gasteiger partial charge in [-0.15, -0.1) is 0 Å². The number of nitrogens with zero attached hydrogens (tertiary/aromatic N) is 1. The minimum Gasteiger partial charge on any atom is -0.481 e. The molecule has 1 aliphatic rings. The predicted molar refractivity (Wildman–Crippen MR) is 277 cm³/mol. The van der Waals surface area contributed by atoms with Crippen molar-refractivity contribution in [2.45, 2.75) is 199 Å². The molecule has 29 heteroatoms. The number of unbranched alkanes of at least 4 members (excludes halogenated alkanes) is 1. The highest BCUT2D eigenvalue weighted by Crippen LogP contribution is 2.21. The summed E-state index contributed by atoms with van der Waals surface area (Å²) in [6, 6.07) is -15.1. The number of carbonyl (C=O) groups excluding carboxylic acids is 9. The van der Waals surface area contributed by atoms with Gasteiger partial charge in [-0.2, -0.15) is 0 Å². The third-order valence-electron chi connectivity index (χ3n) is 13.0. The number of nitrogens with two attached hydrogens (primary N) is 2. The zero-order valence-electron chi connectivity index (χ0n) is 45.7. The number of aliphatic hydroxyl groups excluding tert-OH is 3. The van der Waals surface area contributed by atoms with Gasteiger partial charge in [0.05, 0.1) is 24.9 Å². The summed E-state index contributed by atoms with van der Waals surface area (Å²) in [5.74, 6) is -14.8. The van der Waals surface area contributed by atoms with Gasteiger partial charge in [-0.25, -0.2) is 4.79 Å². The fourth-order valence-corrected chi connectivity index (χ4v) is 8.20. The van der Waals surface area contributed by atoms with E-state index in [4.69, 9.17) is 11.5 Å². The molecule has 13 atom stereocenters. The molecule has 78 heavy (non-hydrogen) atoms. The molecule has 1 saturated heterocycles. The van der Waals surface area contributed by atoms with Crippen molar-refractivity contribution in [3.05, 3.63) is 0 Å². The normalized spacial score (nSPS) is 17.9. The van der Waals surface area contributed by atoms with E-state index in [2.05, 4.69) is 42.5 Å². The number of rotatable bonds is 36. The number of amides is 9. The summed E-state index contributed by atoms with van der Waals surface area (Å²) in [7, 11) is 0. The second-order valence-corrected chi connectivity index (χ2v) is 20.4. The SMILES string of the molecule is CC[C@H](C)[C@H](NC(=O)[C@@H](NC(=O)[C@@H](N)CCCCN)[C@@H](C)O)C(=O)N[C@H](C(=O)N[C@@H](CC(C)C)C(=O)N[C@@H](CCC(=O)O)C(=O)N[C@H](C(=O)N[C@@H](CCC(=O)O)C(=O)N1CCC[C@H]1C(=O)N[C@@H](CO)C(=O)O)C(C)C)[C@@H](C)O. The average Bonchev–Trinajstić information content (AvgIpc) is 3.86. The van der Waals surface area contributed by atoms with Gasteiger partial charge in [0, 0.05) is 19.4 Å². The second-order valence-electron chi connectivity index (χ2n) is 20.4. The van der Waals surface area contributed by atoms with Gasteiger partial charge in [-0.05, 0) is 83.1 Å². The van der Waals surface area contributed by atoms with E-state index in [0.29, 0.717) is 19.4 Å². The third-order valence-corrected chi connectivity index (χ3v) is 13.0. The largest absolute Gasteiger partial charge is 0.481 e. The topological polar surface area (TPSA) is 478 Å². The van der Waals surface area contributed by atoms with E-state index in [9.17, 15) is 88.2 Å². The van der Waals surface area contributed by atoms with Gasteiger partial charge >= 0.3 is 17.9 Å². The molecule has 0 aromatic carbocycles. The smallest absolute Gasteiger partial charge is 0.328 e. The molecular weight excluding hydrogens is 1030 g/mol. The van der Waals surface area contributed by atoms with Crippen molar-refractivity contribution in [1.29, 1.82) is 0 Å². The molecule has 1 fully saturated rings. The molecule has 444 valence electrons. The molecule has 29 nitrogen and oxygen atoms in total. The van der Waals surface area contributed by atoms with Crippen LogP contribution in [0.25, 0.3) is 0 Å². The van der Waals surface area contributed by atoms with Crippen LogP contribution in [-0.4, -0.2) is 199 Å². The maximum atomic E-state index is 14.1. The second kappa shape index (κ2) is 34.3. The number of likely N-dealkylation sites (tertiary alicyclic amines) is 1. The molecule has 9 amide bonds. The minimum atomic E-state index is -1.78. The van der Waals surface area contributed by atoms with Gasteiger partial charge in [0.15, 0.2) is 0 Å². The van der Waals surface area contributed by atoms with Crippen LogP contribution in [0.3, 0.4) is 0 Å². The first-order valence-corrected chi connectivity index (χ1v) is 26.2. The zero-order chi connectivity index (χ0) is 59.7. The average molecular weight is 1120 g/mol. The summed E-state index contributed by atoms with van der Waals surface area (Å²) in [4.78, 5) is 159. The first-order chi connectivity index (χ1) is 36.4. The number of hydrogen-bond donors (Lipinski definition) is 16. The van der Waals surface area contributed by atoms with Crippen LogP contribution in [0.15, 0.2) is 0 Å². The van der Waals surface area contributed by atoms with Gasteiger partial charge in [-0.3, -0.25) is 52.7 Å². The summed E-state index contributed by atoms with van der Waals surface area (Å²) in [5.41, 5.74) is 11.5. The standard InChI is InChI=1S/C49H85N11O18/c1-9-25(6)37(57-47(75)39(27(8)63)58-40(68)28(51)13-10-11-19-50)45(73)59-38(26(7)62)46(74)54-31(21-23(2)3)42(70)52-29(15-17-34(64)65)41(69)56-36(24(4)5)44(72)53-30(16-18-35(66)67)48(76)60-20-12-14-33(60)43(71)55-32(22-61)49(77)78/h23-33,36-39,61-63H,9-22,50-51H2,1-8H3,(H,52,70)(H,53,72)(H,54,74)(H,55,71)(H,56,69)(H,57,75)(H,58,68)(H,59,73)(H,64,65)(H,66,67)(H,77,78)/t25-,26+,27+,28-,29-,30-,31-,32-,33-,36-,37-,38-,39-/m0/s1. The Morgan fingerprint density at radius 3 is 1.51 bits per heavy atom. The Labute approximate surface area is 453 Å². The van der Waals surface area contributed by atoms with Crippen LogP contribution >= 0.6 is 0 Å². The molecule has 0 aliphatic carbocycles. The van der Waals surface area contributed by atoms with E-state index >= 15 is 0 Å². The molecule has 18 N–H and O–H groups in total. The van der Waals surface area contributed by atoms with Crippen LogP contribution in [0.4, 0.5) is 0 Å². The van der Waals surface area contributed by atoms with Crippen molar-refractivity contribution in [1.82, 2.24) is 47.4 Å². The van der Waals surface area contributed by atoms with E-state index in [1.54, 1.807) is 27.7 Å². The van der Waals surface area contributed by atoms with Crippen LogP contribution in [-0.2, 0) is 57.5 Å². The van der Waals surface area contributed by atoms with Crippen LogP contribution < -0.4 is 54.0 Å². The maximum Gasteiger partial charge on any atom is 0.328 e. The monoisotopic (exact) mass is 1120 g/mol. The van der Waals surface area contributed by atoms with Gasteiger partial charge in [-0.1, -0.05) is 54.4 Å². The van der Waals surface area contributed by atoms with E-state index in [1.165, 1.54) is 20.8 Å². The quantitative estimate of drug-likeness (QED) is 0.0264. The molecule has 0 spiro atoms. The zero-order valence-corrected chi connectivity index (χ0v) is 45.7. The Hall–Kier alpha value is -6.56. The summed E-state index contributed by atoms with van der Waals surface area (Å²) in [6.45, 7) is 11.4. The number of hydrogen-bond acceptors (Lipinski definition) is 17. The Balaban J connectivity index is 3.45. The van der Waals surface area contributed by atoms with Crippen LogP contribution in [0.2, 0.25) is 0 Å². The first kappa shape index (κ1) is 69.5. The number of aliphatic hydroxyl groups is 3. The Kier molecular flexibility index (Phi) is 30.6.